The molecule has 1 heterocycles. The second-order valence-corrected chi connectivity index (χ2v) is 4.74. The number of ether oxygens (including phenoxy) is 1. The van der Waals surface area contributed by atoms with Crippen molar-refractivity contribution in [2.75, 3.05) is 11.9 Å². The van der Waals surface area contributed by atoms with E-state index in [2.05, 4.69) is 10.3 Å². The lowest BCUT2D eigenvalue weighted by atomic mass is 10.1. The molecule has 0 aliphatic rings. The van der Waals surface area contributed by atoms with E-state index in [1.165, 1.54) is 0 Å². The van der Waals surface area contributed by atoms with E-state index in [4.69, 9.17) is 4.74 Å². The van der Waals surface area contributed by atoms with Gasteiger partial charge in [-0.2, -0.15) is 0 Å². The SMILES string of the molecule is Cc1ccc(NC(=O)COC(C)C)c2cccnc12. The predicted octanol–water partition coefficient (Wildman–Crippen LogP) is 2.91. The highest BCUT2D eigenvalue weighted by Gasteiger charge is 2.08. The highest BCUT2D eigenvalue weighted by molar-refractivity contribution is 6.02. The van der Waals surface area contributed by atoms with E-state index in [0.29, 0.717) is 0 Å². The molecule has 0 radical (unpaired) electrons. The van der Waals surface area contributed by atoms with Crippen LogP contribution < -0.4 is 5.32 Å². The lowest BCUT2D eigenvalue weighted by Crippen LogP contribution is -2.20. The van der Waals surface area contributed by atoms with Crippen LogP contribution in [0.3, 0.4) is 0 Å². The molecule has 0 saturated heterocycles. The highest BCUT2D eigenvalue weighted by atomic mass is 16.5. The predicted molar refractivity (Wildman–Crippen MR) is 76.2 cm³/mol. The zero-order chi connectivity index (χ0) is 13.8. The molecule has 19 heavy (non-hydrogen) atoms. The Morgan fingerprint density at radius 3 is 2.89 bits per heavy atom. The van der Waals surface area contributed by atoms with E-state index in [0.717, 1.165) is 22.2 Å². The Morgan fingerprint density at radius 2 is 2.16 bits per heavy atom. The zero-order valence-electron chi connectivity index (χ0n) is 11.4. The van der Waals surface area contributed by atoms with Gasteiger partial charge in [0.25, 0.3) is 0 Å². The minimum absolute atomic E-state index is 0.0437. The average Bonchev–Trinajstić information content (AvgIpc) is 2.40. The first-order chi connectivity index (χ1) is 9.08. The fourth-order valence-electron chi connectivity index (χ4n) is 1.85. The van der Waals surface area contributed by atoms with Gasteiger partial charge in [-0.15, -0.1) is 0 Å². The molecule has 0 aliphatic heterocycles. The number of pyridine rings is 1. The van der Waals surface area contributed by atoms with Gasteiger partial charge in [0.05, 0.1) is 17.3 Å². The maximum absolute atomic E-state index is 11.8. The molecule has 0 saturated carbocycles. The number of fused-ring (bicyclic) bond motifs is 1. The molecule has 0 fully saturated rings. The van der Waals surface area contributed by atoms with E-state index < -0.39 is 0 Å². The molecular weight excluding hydrogens is 240 g/mol. The van der Waals surface area contributed by atoms with Crippen molar-refractivity contribution < 1.29 is 9.53 Å². The molecule has 100 valence electrons. The van der Waals surface area contributed by atoms with Crippen molar-refractivity contribution in [1.82, 2.24) is 4.98 Å². The summed E-state index contributed by atoms with van der Waals surface area (Å²) < 4.78 is 5.28. The van der Waals surface area contributed by atoms with E-state index >= 15 is 0 Å². The van der Waals surface area contributed by atoms with Crippen molar-refractivity contribution in [1.29, 1.82) is 0 Å². The van der Waals surface area contributed by atoms with Gasteiger partial charge >= 0.3 is 0 Å². The first-order valence-electron chi connectivity index (χ1n) is 6.33. The Balaban J connectivity index is 2.21. The van der Waals surface area contributed by atoms with Crippen LogP contribution >= 0.6 is 0 Å². The second kappa shape index (κ2) is 5.80. The average molecular weight is 258 g/mol. The third-order valence-corrected chi connectivity index (χ3v) is 2.79. The van der Waals surface area contributed by atoms with E-state index in [9.17, 15) is 4.79 Å². The summed E-state index contributed by atoms with van der Waals surface area (Å²) in [4.78, 5) is 16.1. The molecule has 0 spiro atoms. The smallest absolute Gasteiger partial charge is 0.250 e. The summed E-state index contributed by atoms with van der Waals surface area (Å²) in [5.74, 6) is -0.150. The number of carbonyl (C=O) groups is 1. The molecule has 4 heteroatoms. The van der Waals surface area contributed by atoms with Gasteiger partial charge in [-0.05, 0) is 44.5 Å². The largest absolute Gasteiger partial charge is 0.369 e. The van der Waals surface area contributed by atoms with E-state index in [1.54, 1.807) is 6.20 Å². The number of carbonyl (C=O) groups excluding carboxylic acids is 1. The fourth-order valence-corrected chi connectivity index (χ4v) is 1.85. The van der Waals surface area contributed by atoms with Gasteiger partial charge in [-0.1, -0.05) is 6.07 Å². The minimum Gasteiger partial charge on any atom is -0.369 e. The van der Waals surface area contributed by atoms with Crippen LogP contribution in [0.1, 0.15) is 19.4 Å². The quantitative estimate of drug-likeness (QED) is 0.917. The molecule has 2 aromatic rings. The number of amides is 1. The number of anilines is 1. The van der Waals surface area contributed by atoms with Crippen molar-refractivity contribution >= 4 is 22.5 Å². The third-order valence-electron chi connectivity index (χ3n) is 2.79. The number of nitrogens with one attached hydrogen (secondary N) is 1. The van der Waals surface area contributed by atoms with Gasteiger partial charge in [0, 0.05) is 11.6 Å². The lowest BCUT2D eigenvalue weighted by Gasteiger charge is -2.11. The van der Waals surface area contributed by atoms with Crippen molar-refractivity contribution in [3.8, 4) is 0 Å². The van der Waals surface area contributed by atoms with Crippen molar-refractivity contribution in [2.45, 2.75) is 26.9 Å². The number of nitrogens with zero attached hydrogens (tertiary/aromatic N) is 1. The molecular formula is C15H18N2O2. The Labute approximate surface area is 112 Å². The molecule has 0 unspecified atom stereocenters. The Bertz CT molecular complexity index is 594. The summed E-state index contributed by atoms with van der Waals surface area (Å²) in [6, 6.07) is 7.66. The van der Waals surface area contributed by atoms with Crippen molar-refractivity contribution in [2.24, 2.45) is 0 Å². The molecule has 4 nitrogen and oxygen atoms in total. The normalized spacial score (nSPS) is 10.9. The van der Waals surface area contributed by atoms with Crippen LogP contribution in [0.4, 0.5) is 5.69 Å². The second-order valence-electron chi connectivity index (χ2n) is 4.74. The minimum atomic E-state index is -0.150. The van der Waals surface area contributed by atoms with Crippen LogP contribution in [-0.2, 0) is 9.53 Å². The lowest BCUT2D eigenvalue weighted by molar-refractivity contribution is -0.121. The number of rotatable bonds is 4. The Hall–Kier alpha value is -1.94. The molecule has 0 atom stereocenters. The highest BCUT2D eigenvalue weighted by Crippen LogP contribution is 2.24. The number of aryl methyl sites for hydroxylation is 1. The van der Waals surface area contributed by atoms with Gasteiger partial charge in [-0.25, -0.2) is 0 Å². The fraction of sp³-hybridized carbons (Fsp3) is 0.333. The summed E-state index contributed by atoms with van der Waals surface area (Å²) in [5, 5.41) is 3.81. The molecule has 1 aromatic carbocycles. The summed E-state index contributed by atoms with van der Waals surface area (Å²) in [6.45, 7) is 5.87. The molecule has 1 N–H and O–H groups in total. The Morgan fingerprint density at radius 1 is 1.37 bits per heavy atom. The van der Waals surface area contributed by atoms with Gasteiger partial charge in [0.1, 0.15) is 6.61 Å². The van der Waals surface area contributed by atoms with E-state index in [1.807, 2.05) is 45.0 Å². The van der Waals surface area contributed by atoms with E-state index in [-0.39, 0.29) is 18.6 Å². The number of hydrogen-bond acceptors (Lipinski definition) is 3. The van der Waals surface area contributed by atoms with Crippen LogP contribution in [0.25, 0.3) is 10.9 Å². The van der Waals surface area contributed by atoms with Crippen LogP contribution in [0.15, 0.2) is 30.5 Å². The van der Waals surface area contributed by atoms with Crippen LogP contribution in [-0.4, -0.2) is 23.6 Å². The number of hydrogen-bond donors (Lipinski definition) is 1. The van der Waals surface area contributed by atoms with Gasteiger partial charge < -0.3 is 10.1 Å². The maximum atomic E-state index is 11.8. The maximum Gasteiger partial charge on any atom is 0.250 e. The zero-order valence-corrected chi connectivity index (χ0v) is 11.4. The third kappa shape index (κ3) is 3.29. The molecule has 2 rings (SSSR count). The van der Waals surface area contributed by atoms with Crippen LogP contribution in [0, 0.1) is 6.92 Å². The molecule has 0 aliphatic carbocycles. The standard InChI is InChI=1S/C15H18N2O2/c1-10(2)19-9-14(18)17-13-7-6-11(3)15-12(13)5-4-8-16-15/h4-8,10H,9H2,1-3H3,(H,17,18). The first-order valence-corrected chi connectivity index (χ1v) is 6.33. The molecule has 1 amide bonds. The number of benzene rings is 1. The first kappa shape index (κ1) is 13.5. The Kier molecular flexibility index (Phi) is 4.12. The van der Waals surface area contributed by atoms with Crippen molar-refractivity contribution in [3.63, 3.8) is 0 Å². The summed E-state index contributed by atoms with van der Waals surface area (Å²) in [7, 11) is 0. The van der Waals surface area contributed by atoms with Crippen LogP contribution in [0.2, 0.25) is 0 Å². The summed E-state index contributed by atoms with van der Waals surface area (Å²) in [6.07, 6.45) is 1.80. The van der Waals surface area contributed by atoms with Gasteiger partial charge in [-0.3, -0.25) is 9.78 Å². The van der Waals surface area contributed by atoms with Gasteiger partial charge in [0.2, 0.25) is 5.91 Å². The van der Waals surface area contributed by atoms with Crippen molar-refractivity contribution in [3.05, 3.63) is 36.0 Å². The topological polar surface area (TPSA) is 51.2 Å². The molecule has 0 bridgehead atoms. The van der Waals surface area contributed by atoms with Gasteiger partial charge in [0.15, 0.2) is 0 Å². The monoisotopic (exact) mass is 258 g/mol. The summed E-state index contributed by atoms with van der Waals surface area (Å²) in [5.41, 5.74) is 2.77. The molecule has 1 aromatic heterocycles. The van der Waals surface area contributed by atoms with Crippen LogP contribution in [0.5, 0.6) is 0 Å². The summed E-state index contributed by atoms with van der Waals surface area (Å²) >= 11 is 0. The number of aromatic nitrogens is 1.